The first kappa shape index (κ1) is 12.7. The van der Waals surface area contributed by atoms with Gasteiger partial charge in [-0.3, -0.25) is 0 Å². The standard InChI is InChI=1S/C16H19ClN2O/c17-11-5-3-7-13-15(11)20-16(19-13)14-9-8-10-4-1-2-6-12(10)18-14/h3,5,7,10,12,14,18H,1-2,4,6,8-9H2. The average Bonchev–Trinajstić information content (AvgIpc) is 2.92. The van der Waals surface area contributed by atoms with Crippen LogP contribution in [0.2, 0.25) is 5.02 Å². The molecule has 1 saturated carbocycles. The molecule has 106 valence electrons. The Kier molecular flexibility index (Phi) is 3.20. The van der Waals surface area contributed by atoms with Crippen LogP contribution in [0.25, 0.3) is 11.1 Å². The van der Waals surface area contributed by atoms with Crippen molar-refractivity contribution in [1.82, 2.24) is 10.3 Å². The summed E-state index contributed by atoms with van der Waals surface area (Å²) in [6.07, 6.45) is 7.82. The van der Waals surface area contributed by atoms with Gasteiger partial charge in [-0.05, 0) is 43.7 Å². The summed E-state index contributed by atoms with van der Waals surface area (Å²) >= 11 is 6.17. The molecule has 2 aliphatic rings. The van der Waals surface area contributed by atoms with Crippen LogP contribution in [0, 0.1) is 5.92 Å². The summed E-state index contributed by atoms with van der Waals surface area (Å²) in [5.74, 6) is 1.66. The number of piperidine rings is 1. The molecule has 20 heavy (non-hydrogen) atoms. The van der Waals surface area contributed by atoms with Crippen molar-refractivity contribution in [1.29, 1.82) is 0 Å². The third kappa shape index (κ3) is 2.13. The second-order valence-electron chi connectivity index (χ2n) is 6.09. The molecule has 2 heterocycles. The number of nitrogens with zero attached hydrogens (tertiary/aromatic N) is 1. The Morgan fingerprint density at radius 2 is 2.05 bits per heavy atom. The predicted octanol–water partition coefficient (Wildman–Crippen LogP) is 4.46. The van der Waals surface area contributed by atoms with Crippen LogP contribution in [0.15, 0.2) is 22.6 Å². The number of oxazole rings is 1. The SMILES string of the molecule is Clc1cccc2nc(C3CCC4CCCCC4N3)oc12. The van der Waals surface area contributed by atoms with Crippen LogP contribution < -0.4 is 5.32 Å². The van der Waals surface area contributed by atoms with Gasteiger partial charge in [-0.2, -0.15) is 0 Å². The Morgan fingerprint density at radius 1 is 1.15 bits per heavy atom. The molecule has 1 saturated heterocycles. The van der Waals surface area contributed by atoms with E-state index >= 15 is 0 Å². The van der Waals surface area contributed by atoms with Crippen molar-refractivity contribution in [3.05, 3.63) is 29.1 Å². The zero-order valence-corrected chi connectivity index (χ0v) is 12.2. The fraction of sp³-hybridized carbons (Fsp3) is 0.562. The van der Waals surface area contributed by atoms with Crippen molar-refractivity contribution in [3.63, 3.8) is 0 Å². The molecule has 2 fully saturated rings. The van der Waals surface area contributed by atoms with Gasteiger partial charge >= 0.3 is 0 Å². The Hall–Kier alpha value is -1.06. The molecule has 4 rings (SSSR count). The van der Waals surface area contributed by atoms with Gasteiger partial charge in [0.05, 0.1) is 11.1 Å². The zero-order valence-electron chi connectivity index (χ0n) is 11.4. The normalized spacial score (nSPS) is 30.4. The molecule has 1 aliphatic carbocycles. The largest absolute Gasteiger partial charge is 0.437 e. The van der Waals surface area contributed by atoms with E-state index in [1.165, 1.54) is 32.1 Å². The lowest BCUT2D eigenvalue weighted by Crippen LogP contribution is -2.44. The van der Waals surface area contributed by atoms with E-state index in [-0.39, 0.29) is 6.04 Å². The monoisotopic (exact) mass is 290 g/mol. The van der Waals surface area contributed by atoms with Crippen LogP contribution in [-0.4, -0.2) is 11.0 Å². The van der Waals surface area contributed by atoms with Crippen molar-refractivity contribution in [3.8, 4) is 0 Å². The van der Waals surface area contributed by atoms with Gasteiger partial charge in [0, 0.05) is 6.04 Å². The number of halogens is 1. The number of hydrogen-bond donors (Lipinski definition) is 1. The molecule has 1 N–H and O–H groups in total. The van der Waals surface area contributed by atoms with Gasteiger partial charge < -0.3 is 9.73 Å². The van der Waals surface area contributed by atoms with E-state index in [2.05, 4.69) is 10.3 Å². The highest BCUT2D eigenvalue weighted by Gasteiger charge is 2.34. The minimum absolute atomic E-state index is 0.248. The Morgan fingerprint density at radius 3 is 2.95 bits per heavy atom. The second kappa shape index (κ2) is 5.05. The summed E-state index contributed by atoms with van der Waals surface area (Å²) in [6, 6.07) is 6.62. The molecule has 1 aliphatic heterocycles. The predicted molar refractivity (Wildman–Crippen MR) is 79.9 cm³/mol. The third-order valence-electron chi connectivity index (χ3n) is 4.83. The lowest BCUT2D eigenvalue weighted by molar-refractivity contribution is 0.164. The number of hydrogen-bond acceptors (Lipinski definition) is 3. The van der Waals surface area contributed by atoms with Crippen molar-refractivity contribution >= 4 is 22.7 Å². The van der Waals surface area contributed by atoms with Gasteiger partial charge in [-0.25, -0.2) is 4.98 Å². The van der Waals surface area contributed by atoms with Crippen LogP contribution in [-0.2, 0) is 0 Å². The molecule has 3 unspecified atom stereocenters. The van der Waals surface area contributed by atoms with Gasteiger partial charge in [0.1, 0.15) is 5.52 Å². The molecule has 3 atom stereocenters. The van der Waals surface area contributed by atoms with E-state index in [1.54, 1.807) is 0 Å². The highest BCUT2D eigenvalue weighted by atomic mass is 35.5. The molecule has 0 bridgehead atoms. The smallest absolute Gasteiger partial charge is 0.212 e. The first-order valence-corrected chi connectivity index (χ1v) is 8.00. The first-order valence-electron chi connectivity index (χ1n) is 7.62. The summed E-state index contributed by atoms with van der Waals surface area (Å²) < 4.78 is 5.91. The van der Waals surface area contributed by atoms with E-state index in [0.29, 0.717) is 11.1 Å². The molecular weight excluding hydrogens is 272 g/mol. The second-order valence-corrected chi connectivity index (χ2v) is 6.50. The highest BCUT2D eigenvalue weighted by molar-refractivity contribution is 6.34. The molecule has 1 aromatic carbocycles. The number of benzene rings is 1. The van der Waals surface area contributed by atoms with E-state index in [4.69, 9.17) is 16.0 Å². The minimum Gasteiger partial charge on any atom is -0.437 e. The van der Waals surface area contributed by atoms with Gasteiger partial charge in [-0.15, -0.1) is 0 Å². The van der Waals surface area contributed by atoms with E-state index in [9.17, 15) is 0 Å². The highest BCUT2D eigenvalue weighted by Crippen LogP contribution is 2.37. The van der Waals surface area contributed by atoms with E-state index in [1.807, 2.05) is 18.2 Å². The lowest BCUT2D eigenvalue weighted by atomic mass is 9.78. The van der Waals surface area contributed by atoms with Crippen molar-refractivity contribution < 1.29 is 4.42 Å². The fourth-order valence-electron chi connectivity index (χ4n) is 3.77. The van der Waals surface area contributed by atoms with Crippen LogP contribution in [0.3, 0.4) is 0 Å². The zero-order chi connectivity index (χ0) is 13.5. The number of para-hydroxylation sites is 1. The van der Waals surface area contributed by atoms with Gasteiger partial charge in [0.25, 0.3) is 0 Å². The molecule has 2 aromatic rings. The van der Waals surface area contributed by atoms with Crippen LogP contribution in [0.1, 0.15) is 50.5 Å². The van der Waals surface area contributed by atoms with Crippen molar-refractivity contribution in [2.45, 2.75) is 50.6 Å². The Balaban J connectivity index is 1.61. The molecule has 3 nitrogen and oxygen atoms in total. The average molecular weight is 291 g/mol. The third-order valence-corrected chi connectivity index (χ3v) is 5.13. The maximum absolute atomic E-state index is 6.17. The fourth-order valence-corrected chi connectivity index (χ4v) is 3.98. The van der Waals surface area contributed by atoms with Crippen LogP contribution in [0.4, 0.5) is 0 Å². The Labute approximate surface area is 123 Å². The Bertz CT molecular complexity index is 624. The number of fused-ring (bicyclic) bond motifs is 2. The summed E-state index contributed by atoms with van der Waals surface area (Å²) in [7, 11) is 0. The van der Waals surface area contributed by atoms with Gasteiger partial charge in [0.2, 0.25) is 5.89 Å². The van der Waals surface area contributed by atoms with Crippen LogP contribution >= 0.6 is 11.6 Å². The lowest BCUT2D eigenvalue weighted by Gasteiger charge is -2.39. The topological polar surface area (TPSA) is 38.1 Å². The van der Waals surface area contributed by atoms with Crippen molar-refractivity contribution in [2.24, 2.45) is 5.92 Å². The first-order chi connectivity index (χ1) is 9.81. The molecule has 4 heteroatoms. The number of aromatic nitrogens is 1. The summed E-state index contributed by atoms with van der Waals surface area (Å²) in [4.78, 5) is 4.62. The molecule has 0 amide bonds. The minimum atomic E-state index is 0.248. The maximum atomic E-state index is 6.17. The number of rotatable bonds is 1. The van der Waals surface area contributed by atoms with E-state index in [0.717, 1.165) is 29.3 Å². The summed E-state index contributed by atoms with van der Waals surface area (Å²) in [6.45, 7) is 0. The van der Waals surface area contributed by atoms with E-state index < -0.39 is 0 Å². The van der Waals surface area contributed by atoms with Gasteiger partial charge in [-0.1, -0.05) is 30.5 Å². The molecule has 0 radical (unpaired) electrons. The quantitative estimate of drug-likeness (QED) is 0.842. The van der Waals surface area contributed by atoms with Gasteiger partial charge in [0.15, 0.2) is 5.58 Å². The molecule has 1 aromatic heterocycles. The van der Waals surface area contributed by atoms with Crippen LogP contribution in [0.5, 0.6) is 0 Å². The maximum Gasteiger partial charge on any atom is 0.212 e. The number of nitrogens with one attached hydrogen (secondary N) is 1. The summed E-state index contributed by atoms with van der Waals surface area (Å²) in [5, 5.41) is 4.40. The molecular formula is C16H19ClN2O. The van der Waals surface area contributed by atoms with Crippen molar-refractivity contribution in [2.75, 3.05) is 0 Å². The summed E-state index contributed by atoms with van der Waals surface area (Å²) in [5.41, 5.74) is 1.58. The molecule has 0 spiro atoms.